The van der Waals surface area contributed by atoms with Crippen LogP contribution in [-0.4, -0.2) is 19.1 Å². The molecule has 0 aromatic heterocycles. The van der Waals surface area contributed by atoms with Gasteiger partial charge in [-0.2, -0.15) is 0 Å². The average molecular weight is 205 g/mol. The number of hydrogen-bond acceptors (Lipinski definition) is 2. The second kappa shape index (κ2) is 3.93. The Morgan fingerprint density at radius 3 is 2.87 bits per heavy atom. The summed E-state index contributed by atoms with van der Waals surface area (Å²) in [7, 11) is 0. The topological polar surface area (TPSA) is 29.5 Å². The minimum Gasteiger partial charge on any atom is -0.482 e. The molecule has 0 fully saturated rings. The number of rotatable bonds is 2. The summed E-state index contributed by atoms with van der Waals surface area (Å²) < 4.78 is 5.36. The minimum absolute atomic E-state index is 0.0439. The normalized spacial score (nSPS) is 15.1. The van der Waals surface area contributed by atoms with Crippen molar-refractivity contribution < 1.29 is 9.53 Å². The molecule has 1 amide bonds. The van der Waals surface area contributed by atoms with E-state index in [1.165, 1.54) is 0 Å². The maximum Gasteiger partial charge on any atom is 0.265 e. The number of carbonyl (C=O) groups is 1. The molecule has 0 radical (unpaired) electrons. The highest BCUT2D eigenvalue weighted by Crippen LogP contribution is 2.31. The summed E-state index contributed by atoms with van der Waals surface area (Å²) in [5, 5.41) is 0. The van der Waals surface area contributed by atoms with Gasteiger partial charge < -0.3 is 9.64 Å². The third-order valence-electron chi connectivity index (χ3n) is 2.36. The van der Waals surface area contributed by atoms with Crippen LogP contribution in [0, 0.1) is 5.92 Å². The summed E-state index contributed by atoms with van der Waals surface area (Å²) >= 11 is 0. The van der Waals surface area contributed by atoms with E-state index >= 15 is 0 Å². The zero-order valence-corrected chi connectivity index (χ0v) is 9.06. The van der Waals surface area contributed by atoms with Crippen LogP contribution in [0.15, 0.2) is 24.3 Å². The molecule has 0 saturated carbocycles. The first kappa shape index (κ1) is 10.0. The molecule has 3 heteroatoms. The number of carbonyl (C=O) groups excluding carboxylic acids is 1. The lowest BCUT2D eigenvalue weighted by Crippen LogP contribution is -2.40. The van der Waals surface area contributed by atoms with Crippen molar-refractivity contribution in [1.82, 2.24) is 0 Å². The molecule has 1 heterocycles. The van der Waals surface area contributed by atoms with Crippen LogP contribution in [0.25, 0.3) is 0 Å². The van der Waals surface area contributed by atoms with E-state index in [9.17, 15) is 4.79 Å². The lowest BCUT2D eigenvalue weighted by molar-refractivity contribution is -0.121. The molecule has 3 nitrogen and oxygen atoms in total. The van der Waals surface area contributed by atoms with Crippen LogP contribution in [0.4, 0.5) is 5.69 Å². The van der Waals surface area contributed by atoms with E-state index in [2.05, 4.69) is 13.8 Å². The van der Waals surface area contributed by atoms with Crippen molar-refractivity contribution >= 4 is 11.6 Å². The standard InChI is InChI=1S/C12H15NO2/c1-9(2)7-13-10-5-3-4-6-11(10)15-8-12(13)14/h3-6,9H,7-8H2,1-2H3. The molecular weight excluding hydrogens is 190 g/mol. The van der Waals surface area contributed by atoms with Crippen LogP contribution in [0.1, 0.15) is 13.8 Å². The Balaban J connectivity index is 2.33. The summed E-state index contributed by atoms with van der Waals surface area (Å²) in [5.74, 6) is 1.31. The van der Waals surface area contributed by atoms with Crippen molar-refractivity contribution in [1.29, 1.82) is 0 Å². The maximum absolute atomic E-state index is 11.7. The number of nitrogens with zero attached hydrogens (tertiary/aromatic N) is 1. The molecule has 0 atom stereocenters. The first-order valence-electron chi connectivity index (χ1n) is 5.20. The Kier molecular flexibility index (Phi) is 2.62. The van der Waals surface area contributed by atoms with Gasteiger partial charge in [-0.1, -0.05) is 26.0 Å². The number of para-hydroxylation sites is 2. The lowest BCUT2D eigenvalue weighted by Gasteiger charge is -2.30. The van der Waals surface area contributed by atoms with Crippen LogP contribution in [-0.2, 0) is 4.79 Å². The number of benzene rings is 1. The Morgan fingerprint density at radius 1 is 1.40 bits per heavy atom. The summed E-state index contributed by atoms with van der Waals surface area (Å²) in [6.07, 6.45) is 0. The molecule has 0 spiro atoms. The van der Waals surface area contributed by atoms with Gasteiger partial charge in [-0.3, -0.25) is 4.79 Å². The number of ether oxygens (including phenoxy) is 1. The fraction of sp³-hybridized carbons (Fsp3) is 0.417. The maximum atomic E-state index is 11.7. The second-order valence-electron chi connectivity index (χ2n) is 4.15. The van der Waals surface area contributed by atoms with Gasteiger partial charge in [0.2, 0.25) is 0 Å². The summed E-state index contributed by atoms with van der Waals surface area (Å²) in [4.78, 5) is 13.5. The van der Waals surface area contributed by atoms with Crippen LogP contribution in [0.2, 0.25) is 0 Å². The molecule has 0 aliphatic carbocycles. The van der Waals surface area contributed by atoms with Crippen molar-refractivity contribution in [3.8, 4) is 5.75 Å². The first-order valence-corrected chi connectivity index (χ1v) is 5.20. The van der Waals surface area contributed by atoms with Gasteiger partial charge >= 0.3 is 0 Å². The molecule has 0 unspecified atom stereocenters. The van der Waals surface area contributed by atoms with Crippen LogP contribution in [0.5, 0.6) is 5.75 Å². The van der Waals surface area contributed by atoms with Crippen molar-refractivity contribution in [3.63, 3.8) is 0 Å². The van der Waals surface area contributed by atoms with Gasteiger partial charge in [0.25, 0.3) is 5.91 Å². The molecule has 80 valence electrons. The monoisotopic (exact) mass is 205 g/mol. The molecule has 0 saturated heterocycles. The number of anilines is 1. The Morgan fingerprint density at radius 2 is 2.13 bits per heavy atom. The summed E-state index contributed by atoms with van der Waals surface area (Å²) in [6.45, 7) is 5.11. The van der Waals surface area contributed by atoms with E-state index in [1.54, 1.807) is 0 Å². The molecule has 1 aliphatic heterocycles. The number of amides is 1. The Labute approximate surface area is 89.7 Å². The lowest BCUT2D eigenvalue weighted by atomic mass is 10.1. The van der Waals surface area contributed by atoms with E-state index in [-0.39, 0.29) is 12.5 Å². The van der Waals surface area contributed by atoms with Gasteiger partial charge in [0.15, 0.2) is 6.61 Å². The van der Waals surface area contributed by atoms with E-state index in [1.807, 2.05) is 29.2 Å². The zero-order chi connectivity index (χ0) is 10.8. The number of hydrogen-bond donors (Lipinski definition) is 0. The van der Waals surface area contributed by atoms with E-state index in [4.69, 9.17) is 4.74 Å². The SMILES string of the molecule is CC(C)CN1C(=O)COc2ccccc21. The molecule has 1 aliphatic rings. The smallest absolute Gasteiger partial charge is 0.265 e. The summed E-state index contributed by atoms with van der Waals surface area (Å²) in [5.41, 5.74) is 0.891. The number of fused-ring (bicyclic) bond motifs is 1. The van der Waals surface area contributed by atoms with Gasteiger partial charge in [0, 0.05) is 6.54 Å². The van der Waals surface area contributed by atoms with Gasteiger partial charge in [0.1, 0.15) is 5.75 Å². The predicted molar refractivity (Wildman–Crippen MR) is 59.1 cm³/mol. The highest BCUT2D eigenvalue weighted by molar-refractivity contribution is 5.97. The molecule has 0 N–H and O–H groups in total. The quantitative estimate of drug-likeness (QED) is 0.739. The second-order valence-corrected chi connectivity index (χ2v) is 4.15. The van der Waals surface area contributed by atoms with E-state index in [0.717, 1.165) is 18.0 Å². The largest absolute Gasteiger partial charge is 0.482 e. The van der Waals surface area contributed by atoms with Gasteiger partial charge in [0.05, 0.1) is 5.69 Å². The molecular formula is C12H15NO2. The highest BCUT2D eigenvalue weighted by Gasteiger charge is 2.25. The van der Waals surface area contributed by atoms with Gasteiger partial charge in [-0.25, -0.2) is 0 Å². The van der Waals surface area contributed by atoms with Gasteiger partial charge in [-0.15, -0.1) is 0 Å². The molecule has 0 bridgehead atoms. The summed E-state index contributed by atoms with van der Waals surface area (Å²) in [6, 6.07) is 7.67. The fourth-order valence-electron chi connectivity index (χ4n) is 1.72. The average Bonchev–Trinajstić information content (AvgIpc) is 2.22. The third kappa shape index (κ3) is 1.96. The third-order valence-corrected chi connectivity index (χ3v) is 2.36. The molecule has 15 heavy (non-hydrogen) atoms. The van der Waals surface area contributed by atoms with Crippen molar-refractivity contribution in [2.45, 2.75) is 13.8 Å². The highest BCUT2D eigenvalue weighted by atomic mass is 16.5. The zero-order valence-electron chi connectivity index (χ0n) is 9.06. The molecule has 1 aromatic rings. The van der Waals surface area contributed by atoms with Crippen molar-refractivity contribution in [2.75, 3.05) is 18.1 Å². The predicted octanol–water partition coefficient (Wildman–Crippen LogP) is 2.07. The fourth-order valence-corrected chi connectivity index (χ4v) is 1.72. The first-order chi connectivity index (χ1) is 7.18. The molecule has 1 aromatic carbocycles. The van der Waals surface area contributed by atoms with Crippen LogP contribution >= 0.6 is 0 Å². The molecule has 2 rings (SSSR count). The van der Waals surface area contributed by atoms with E-state index in [0.29, 0.717) is 5.92 Å². The van der Waals surface area contributed by atoms with Crippen LogP contribution < -0.4 is 9.64 Å². The van der Waals surface area contributed by atoms with Crippen molar-refractivity contribution in [2.24, 2.45) is 5.92 Å². The van der Waals surface area contributed by atoms with Crippen LogP contribution in [0.3, 0.4) is 0 Å². The van der Waals surface area contributed by atoms with Crippen molar-refractivity contribution in [3.05, 3.63) is 24.3 Å². The van der Waals surface area contributed by atoms with E-state index < -0.39 is 0 Å². The minimum atomic E-state index is 0.0439. The van der Waals surface area contributed by atoms with Gasteiger partial charge in [-0.05, 0) is 18.1 Å². The Hall–Kier alpha value is -1.51. The Bertz CT molecular complexity index is 374.